The van der Waals surface area contributed by atoms with Crippen LogP contribution in [-0.2, 0) is 9.59 Å². The second kappa shape index (κ2) is 7.10. The summed E-state index contributed by atoms with van der Waals surface area (Å²) in [7, 11) is 3.14. The second-order valence-electron chi connectivity index (χ2n) is 8.34. The molecule has 4 rings (SSSR count). The summed E-state index contributed by atoms with van der Waals surface area (Å²) < 4.78 is 16.4. The molecule has 1 aliphatic heterocycles. The third kappa shape index (κ3) is 3.33. The van der Waals surface area contributed by atoms with Gasteiger partial charge in [0.1, 0.15) is 17.3 Å². The Morgan fingerprint density at radius 1 is 1.10 bits per heavy atom. The number of Topliss-reactive ketones (excluding diaryl/α,β-unsaturated/α-hetero) is 1. The molecule has 2 aliphatic rings. The van der Waals surface area contributed by atoms with E-state index in [-0.39, 0.29) is 29.4 Å². The number of methoxy groups -OCH3 is 2. The van der Waals surface area contributed by atoms with Crippen LogP contribution in [0.4, 0.5) is 5.69 Å². The number of hydrogen-bond acceptors (Lipinski definition) is 5. The molecular formula is C23H25NO5. The number of ether oxygens (including phenoxy) is 2. The van der Waals surface area contributed by atoms with Gasteiger partial charge in [0.05, 0.1) is 32.1 Å². The predicted molar refractivity (Wildman–Crippen MR) is 108 cm³/mol. The number of benzene rings is 1. The quantitative estimate of drug-likeness (QED) is 0.764. The molecule has 1 amide bonds. The lowest BCUT2D eigenvalue weighted by atomic mass is 9.70. The molecule has 0 N–H and O–H groups in total. The Kier molecular flexibility index (Phi) is 4.73. The summed E-state index contributed by atoms with van der Waals surface area (Å²) in [6.45, 7) is 4.11. The lowest BCUT2D eigenvalue weighted by Gasteiger charge is -2.42. The zero-order chi connectivity index (χ0) is 20.8. The summed E-state index contributed by atoms with van der Waals surface area (Å²) in [6, 6.07) is 8.96. The van der Waals surface area contributed by atoms with Crippen molar-refractivity contribution in [3.63, 3.8) is 0 Å². The van der Waals surface area contributed by atoms with E-state index >= 15 is 0 Å². The summed E-state index contributed by atoms with van der Waals surface area (Å²) in [4.78, 5) is 28.2. The highest BCUT2D eigenvalue weighted by molar-refractivity contribution is 6.08. The third-order valence-electron chi connectivity index (χ3n) is 5.66. The Labute approximate surface area is 170 Å². The molecule has 0 fully saturated rings. The van der Waals surface area contributed by atoms with Crippen molar-refractivity contribution in [1.29, 1.82) is 0 Å². The van der Waals surface area contributed by atoms with E-state index in [0.717, 1.165) is 5.70 Å². The first-order valence-electron chi connectivity index (χ1n) is 9.69. The predicted octanol–water partition coefficient (Wildman–Crippen LogP) is 4.46. The smallest absolute Gasteiger partial charge is 0.232 e. The van der Waals surface area contributed by atoms with Crippen molar-refractivity contribution in [2.45, 2.75) is 39.0 Å². The van der Waals surface area contributed by atoms with Gasteiger partial charge in [0.15, 0.2) is 5.78 Å². The number of rotatable bonds is 4. The number of carbonyl (C=O) groups excluding carboxylic acids is 2. The molecule has 1 unspecified atom stereocenters. The molecule has 2 aromatic rings. The van der Waals surface area contributed by atoms with E-state index in [1.54, 1.807) is 49.6 Å². The molecule has 29 heavy (non-hydrogen) atoms. The number of nitrogens with zero attached hydrogens (tertiary/aromatic N) is 1. The van der Waals surface area contributed by atoms with Crippen LogP contribution in [0, 0.1) is 5.41 Å². The van der Waals surface area contributed by atoms with Crippen LogP contribution in [0.2, 0.25) is 0 Å². The maximum absolute atomic E-state index is 13.3. The van der Waals surface area contributed by atoms with Gasteiger partial charge in [-0.25, -0.2) is 0 Å². The van der Waals surface area contributed by atoms with Crippen LogP contribution in [0.15, 0.2) is 52.3 Å². The summed E-state index contributed by atoms with van der Waals surface area (Å²) >= 11 is 0. The first-order chi connectivity index (χ1) is 13.8. The largest absolute Gasteiger partial charge is 0.497 e. The molecule has 6 heteroatoms. The molecule has 2 heterocycles. The van der Waals surface area contributed by atoms with Crippen molar-refractivity contribution < 1.29 is 23.5 Å². The average Bonchev–Trinajstić information content (AvgIpc) is 3.20. The molecule has 6 nitrogen and oxygen atoms in total. The van der Waals surface area contributed by atoms with Crippen LogP contribution in [0.25, 0.3) is 0 Å². The van der Waals surface area contributed by atoms with E-state index in [0.29, 0.717) is 41.4 Å². The van der Waals surface area contributed by atoms with Gasteiger partial charge >= 0.3 is 0 Å². The van der Waals surface area contributed by atoms with Gasteiger partial charge in [-0.3, -0.25) is 14.5 Å². The number of anilines is 1. The zero-order valence-corrected chi connectivity index (χ0v) is 17.2. The molecule has 0 bridgehead atoms. The standard InChI is InChI=1S/C23H25NO5/c1-23(2)12-17-22(18(25)13-23)15(19-6-5-9-29-19)11-21(26)24(17)16-8-7-14(27-3)10-20(16)28-4/h5-10,15H,11-13H2,1-4H3. The summed E-state index contributed by atoms with van der Waals surface area (Å²) in [5, 5.41) is 0. The first kappa shape index (κ1) is 19.3. The van der Waals surface area contributed by atoms with Crippen LogP contribution in [0.1, 0.15) is 44.8 Å². The van der Waals surface area contributed by atoms with E-state index in [2.05, 4.69) is 13.8 Å². The molecule has 1 aromatic carbocycles. The van der Waals surface area contributed by atoms with Gasteiger partial charge < -0.3 is 13.9 Å². The third-order valence-corrected chi connectivity index (χ3v) is 5.66. The highest BCUT2D eigenvalue weighted by Crippen LogP contribution is 2.49. The molecule has 0 spiro atoms. The molecule has 0 saturated heterocycles. The number of ketones is 1. The summed E-state index contributed by atoms with van der Waals surface area (Å²) in [6.07, 6.45) is 2.82. The zero-order valence-electron chi connectivity index (χ0n) is 17.2. The lowest BCUT2D eigenvalue weighted by molar-refractivity contribution is -0.121. The molecular weight excluding hydrogens is 370 g/mol. The van der Waals surface area contributed by atoms with E-state index in [1.165, 1.54) is 0 Å². The highest BCUT2D eigenvalue weighted by atomic mass is 16.5. The van der Waals surface area contributed by atoms with Crippen LogP contribution < -0.4 is 14.4 Å². The molecule has 0 radical (unpaired) electrons. The second-order valence-corrected chi connectivity index (χ2v) is 8.34. The van der Waals surface area contributed by atoms with Crippen molar-refractivity contribution in [3.05, 3.63) is 53.6 Å². The van der Waals surface area contributed by atoms with Gasteiger partial charge in [0.2, 0.25) is 5.91 Å². The molecule has 1 aromatic heterocycles. The summed E-state index contributed by atoms with van der Waals surface area (Å²) in [5.74, 6) is 1.45. The first-order valence-corrected chi connectivity index (χ1v) is 9.69. The Balaban J connectivity index is 1.91. The van der Waals surface area contributed by atoms with Crippen LogP contribution in [0.3, 0.4) is 0 Å². The van der Waals surface area contributed by atoms with E-state index < -0.39 is 0 Å². The molecule has 0 saturated carbocycles. The SMILES string of the molecule is COc1ccc(N2C(=O)CC(c3ccco3)C3=C2CC(C)(C)CC3=O)c(OC)c1. The highest BCUT2D eigenvalue weighted by Gasteiger charge is 2.45. The number of hydrogen-bond donors (Lipinski definition) is 0. The maximum Gasteiger partial charge on any atom is 0.232 e. The molecule has 1 atom stereocenters. The van der Waals surface area contributed by atoms with Gasteiger partial charge in [0, 0.05) is 30.2 Å². The van der Waals surface area contributed by atoms with Gasteiger partial charge in [-0.05, 0) is 36.1 Å². The maximum atomic E-state index is 13.3. The van der Waals surface area contributed by atoms with E-state index in [9.17, 15) is 9.59 Å². The Morgan fingerprint density at radius 3 is 2.55 bits per heavy atom. The minimum absolute atomic E-state index is 0.0719. The fraction of sp³-hybridized carbons (Fsp3) is 0.391. The average molecular weight is 395 g/mol. The Hall–Kier alpha value is -3.02. The van der Waals surface area contributed by atoms with Crippen molar-refractivity contribution in [2.24, 2.45) is 5.41 Å². The van der Waals surface area contributed by atoms with Crippen LogP contribution in [0.5, 0.6) is 11.5 Å². The van der Waals surface area contributed by atoms with Gasteiger partial charge in [-0.1, -0.05) is 13.8 Å². The van der Waals surface area contributed by atoms with E-state index in [1.807, 2.05) is 6.07 Å². The van der Waals surface area contributed by atoms with Crippen molar-refractivity contribution in [1.82, 2.24) is 0 Å². The van der Waals surface area contributed by atoms with Crippen LogP contribution >= 0.6 is 0 Å². The fourth-order valence-corrected chi connectivity index (χ4v) is 4.40. The minimum Gasteiger partial charge on any atom is -0.497 e. The number of carbonyl (C=O) groups is 2. The monoisotopic (exact) mass is 395 g/mol. The van der Waals surface area contributed by atoms with E-state index in [4.69, 9.17) is 13.9 Å². The van der Waals surface area contributed by atoms with Gasteiger partial charge in [-0.2, -0.15) is 0 Å². The summed E-state index contributed by atoms with van der Waals surface area (Å²) in [5.41, 5.74) is 1.80. The molecule has 152 valence electrons. The Bertz CT molecular complexity index is 987. The van der Waals surface area contributed by atoms with Gasteiger partial charge in [0.25, 0.3) is 0 Å². The lowest BCUT2D eigenvalue weighted by Crippen LogP contribution is -2.43. The fourth-order valence-electron chi connectivity index (χ4n) is 4.40. The number of allylic oxidation sites excluding steroid dienone is 2. The van der Waals surface area contributed by atoms with Crippen molar-refractivity contribution >= 4 is 17.4 Å². The normalized spacial score (nSPS) is 21.2. The van der Waals surface area contributed by atoms with Crippen molar-refractivity contribution in [2.75, 3.05) is 19.1 Å². The Morgan fingerprint density at radius 2 is 1.90 bits per heavy atom. The topological polar surface area (TPSA) is 69.0 Å². The number of amides is 1. The van der Waals surface area contributed by atoms with Crippen LogP contribution in [-0.4, -0.2) is 25.9 Å². The number of furan rings is 1. The molecule has 1 aliphatic carbocycles. The van der Waals surface area contributed by atoms with Gasteiger partial charge in [-0.15, -0.1) is 0 Å². The van der Waals surface area contributed by atoms with Crippen molar-refractivity contribution in [3.8, 4) is 11.5 Å². The minimum atomic E-state index is -0.350.